The number of aromatic nitrogens is 1. The van der Waals surface area contributed by atoms with Crippen LogP contribution in [0.4, 0.5) is 11.5 Å². The summed E-state index contributed by atoms with van der Waals surface area (Å²) < 4.78 is 0. The largest absolute Gasteiger partial charge is 0.354 e. The Morgan fingerprint density at radius 1 is 1.15 bits per heavy atom. The van der Waals surface area contributed by atoms with Crippen molar-refractivity contribution in [2.45, 2.75) is 19.3 Å². The zero-order valence-electron chi connectivity index (χ0n) is 15.0. The molecule has 0 aromatic carbocycles. The molecule has 3 heterocycles. The van der Waals surface area contributed by atoms with Crippen LogP contribution in [0.3, 0.4) is 0 Å². The van der Waals surface area contributed by atoms with E-state index >= 15 is 0 Å². The van der Waals surface area contributed by atoms with E-state index in [9.17, 15) is 9.59 Å². The molecule has 1 N–H and O–H groups in total. The van der Waals surface area contributed by atoms with Crippen molar-refractivity contribution in [1.29, 1.82) is 0 Å². The fourth-order valence-corrected chi connectivity index (χ4v) is 3.57. The van der Waals surface area contributed by atoms with E-state index in [0.717, 1.165) is 36.9 Å². The maximum absolute atomic E-state index is 12.0. The van der Waals surface area contributed by atoms with Gasteiger partial charge in [0.15, 0.2) is 5.78 Å². The highest BCUT2D eigenvalue weighted by atomic mass is 32.1. The number of ketones is 1. The Morgan fingerprint density at radius 3 is 2.62 bits per heavy atom. The Hall–Kier alpha value is -2.25. The molecule has 0 aliphatic carbocycles. The van der Waals surface area contributed by atoms with Crippen molar-refractivity contribution in [1.82, 2.24) is 9.88 Å². The molecular weight excluding hydrogens is 348 g/mol. The Bertz CT molecular complexity index is 723. The highest BCUT2D eigenvalue weighted by Gasteiger charge is 2.15. The van der Waals surface area contributed by atoms with Crippen molar-refractivity contribution < 1.29 is 9.59 Å². The van der Waals surface area contributed by atoms with Crippen LogP contribution in [-0.4, -0.2) is 54.8 Å². The van der Waals surface area contributed by atoms with Gasteiger partial charge in [0.2, 0.25) is 5.91 Å². The summed E-state index contributed by atoms with van der Waals surface area (Å²) in [6.45, 7) is 4.00. The third-order valence-corrected chi connectivity index (χ3v) is 5.37. The summed E-state index contributed by atoms with van der Waals surface area (Å²) in [6.07, 6.45) is 2.98. The minimum absolute atomic E-state index is 0.0851. The summed E-state index contributed by atoms with van der Waals surface area (Å²) in [5.74, 6) is 0.960. The number of amides is 1. The molecule has 7 heteroatoms. The number of carbonyl (C=O) groups excluding carboxylic acids is 2. The Kier molecular flexibility index (Phi) is 6.35. The minimum Gasteiger partial charge on any atom is -0.354 e. The summed E-state index contributed by atoms with van der Waals surface area (Å²) in [4.78, 5) is 33.7. The number of nitrogens with zero attached hydrogens (tertiary/aromatic N) is 3. The molecule has 0 bridgehead atoms. The van der Waals surface area contributed by atoms with Crippen LogP contribution < -0.4 is 10.2 Å². The molecule has 1 fully saturated rings. The number of likely N-dealkylation sites (N-methyl/N-ethyl adjacent to an activating group) is 1. The first-order valence-electron chi connectivity index (χ1n) is 8.88. The van der Waals surface area contributed by atoms with Crippen LogP contribution in [0.15, 0.2) is 35.8 Å². The smallest absolute Gasteiger partial charge is 0.224 e. The number of pyridine rings is 1. The highest BCUT2D eigenvalue weighted by molar-refractivity contribution is 7.12. The lowest BCUT2D eigenvalue weighted by Gasteiger charge is -2.33. The summed E-state index contributed by atoms with van der Waals surface area (Å²) in [6, 6.07) is 7.51. The molecule has 2 aromatic rings. The van der Waals surface area contributed by atoms with Crippen molar-refractivity contribution in [3.63, 3.8) is 0 Å². The number of hydrogen-bond donors (Lipinski definition) is 1. The van der Waals surface area contributed by atoms with E-state index in [1.807, 2.05) is 29.6 Å². The third-order valence-electron chi connectivity index (χ3n) is 4.46. The third kappa shape index (κ3) is 5.12. The Labute approximate surface area is 157 Å². The van der Waals surface area contributed by atoms with Gasteiger partial charge in [0, 0.05) is 39.0 Å². The molecule has 1 saturated heterocycles. The van der Waals surface area contributed by atoms with Gasteiger partial charge in [0.1, 0.15) is 5.82 Å². The summed E-state index contributed by atoms with van der Waals surface area (Å²) in [5, 5.41) is 4.74. The lowest BCUT2D eigenvalue weighted by molar-refractivity contribution is -0.116. The quantitative estimate of drug-likeness (QED) is 0.757. The van der Waals surface area contributed by atoms with Gasteiger partial charge >= 0.3 is 0 Å². The lowest BCUT2D eigenvalue weighted by atomic mass is 10.1. The molecule has 1 aliphatic rings. The van der Waals surface area contributed by atoms with Crippen LogP contribution >= 0.6 is 11.3 Å². The second-order valence-electron chi connectivity index (χ2n) is 6.50. The number of rotatable bonds is 7. The molecule has 2 aromatic heterocycles. The number of nitrogens with one attached hydrogen (secondary N) is 1. The van der Waals surface area contributed by atoms with Crippen molar-refractivity contribution >= 4 is 34.5 Å². The molecule has 1 aliphatic heterocycles. The van der Waals surface area contributed by atoms with Crippen LogP contribution in [0.1, 0.15) is 28.9 Å². The molecule has 0 atom stereocenters. The fourth-order valence-electron chi connectivity index (χ4n) is 2.88. The van der Waals surface area contributed by atoms with Gasteiger partial charge in [0.25, 0.3) is 0 Å². The van der Waals surface area contributed by atoms with Crippen molar-refractivity contribution in [3.05, 3.63) is 40.7 Å². The van der Waals surface area contributed by atoms with Crippen LogP contribution in [-0.2, 0) is 4.79 Å². The fraction of sp³-hybridized carbons (Fsp3) is 0.421. The maximum Gasteiger partial charge on any atom is 0.224 e. The van der Waals surface area contributed by atoms with Crippen molar-refractivity contribution in [2.75, 3.05) is 43.4 Å². The normalized spacial score (nSPS) is 15.0. The molecule has 3 rings (SSSR count). The van der Waals surface area contributed by atoms with E-state index in [4.69, 9.17) is 0 Å². The summed E-state index contributed by atoms with van der Waals surface area (Å²) >= 11 is 1.44. The van der Waals surface area contributed by atoms with Crippen LogP contribution in [0.2, 0.25) is 0 Å². The lowest BCUT2D eigenvalue weighted by Crippen LogP contribution is -2.44. The first-order chi connectivity index (χ1) is 12.6. The first-order valence-corrected chi connectivity index (χ1v) is 9.76. The van der Waals surface area contributed by atoms with Gasteiger partial charge in [-0.05, 0) is 37.0 Å². The second kappa shape index (κ2) is 8.91. The van der Waals surface area contributed by atoms with E-state index < -0.39 is 0 Å². The molecule has 26 heavy (non-hydrogen) atoms. The molecule has 0 unspecified atom stereocenters. The predicted octanol–water partition coefficient (Wildman–Crippen LogP) is 2.89. The number of thiophene rings is 1. The topological polar surface area (TPSA) is 65.5 Å². The highest BCUT2D eigenvalue weighted by Crippen LogP contribution is 2.17. The van der Waals surface area contributed by atoms with Crippen LogP contribution in [0.25, 0.3) is 0 Å². The molecule has 6 nitrogen and oxygen atoms in total. The number of carbonyl (C=O) groups is 2. The van der Waals surface area contributed by atoms with Gasteiger partial charge in [-0.15, -0.1) is 11.3 Å². The SMILES string of the molecule is CN1CCN(c2ccc(NC(=O)CCCC(=O)c3cccs3)cn2)CC1. The van der Waals surface area contributed by atoms with Gasteiger partial charge in [-0.3, -0.25) is 9.59 Å². The predicted molar refractivity (Wildman–Crippen MR) is 105 cm³/mol. The van der Waals surface area contributed by atoms with E-state index in [0.29, 0.717) is 24.9 Å². The summed E-state index contributed by atoms with van der Waals surface area (Å²) in [7, 11) is 2.12. The first kappa shape index (κ1) is 18.5. The van der Waals surface area contributed by atoms with Gasteiger partial charge in [-0.25, -0.2) is 4.98 Å². The molecular formula is C19H24N4O2S. The molecule has 0 spiro atoms. The van der Waals surface area contributed by atoms with E-state index in [2.05, 4.69) is 27.1 Å². The minimum atomic E-state index is -0.0851. The van der Waals surface area contributed by atoms with E-state index in [1.54, 1.807) is 6.20 Å². The van der Waals surface area contributed by atoms with Crippen LogP contribution in [0, 0.1) is 0 Å². The Balaban J connectivity index is 1.42. The monoisotopic (exact) mass is 372 g/mol. The number of Topliss-reactive ketones (excluding diaryl/α,β-unsaturated/α-hetero) is 1. The van der Waals surface area contributed by atoms with Gasteiger partial charge in [-0.2, -0.15) is 0 Å². The molecule has 0 radical (unpaired) electrons. The van der Waals surface area contributed by atoms with E-state index in [-0.39, 0.29) is 11.7 Å². The van der Waals surface area contributed by atoms with Gasteiger partial charge < -0.3 is 15.1 Å². The maximum atomic E-state index is 12.0. The molecule has 0 saturated carbocycles. The van der Waals surface area contributed by atoms with Crippen LogP contribution in [0.5, 0.6) is 0 Å². The molecule has 1 amide bonds. The number of anilines is 2. The second-order valence-corrected chi connectivity index (χ2v) is 7.45. The zero-order valence-corrected chi connectivity index (χ0v) is 15.8. The van der Waals surface area contributed by atoms with Crippen molar-refractivity contribution in [3.8, 4) is 0 Å². The number of piperazine rings is 1. The average Bonchev–Trinajstić information content (AvgIpc) is 3.18. The van der Waals surface area contributed by atoms with Gasteiger partial charge in [-0.1, -0.05) is 6.07 Å². The van der Waals surface area contributed by atoms with E-state index in [1.165, 1.54) is 11.3 Å². The summed E-state index contributed by atoms with van der Waals surface area (Å²) in [5.41, 5.74) is 0.692. The van der Waals surface area contributed by atoms with Gasteiger partial charge in [0.05, 0.1) is 16.8 Å². The Morgan fingerprint density at radius 2 is 1.96 bits per heavy atom. The zero-order chi connectivity index (χ0) is 18.4. The average molecular weight is 372 g/mol. The molecule has 138 valence electrons. The number of hydrogen-bond acceptors (Lipinski definition) is 6. The van der Waals surface area contributed by atoms with Crippen molar-refractivity contribution in [2.24, 2.45) is 0 Å². The standard InChI is InChI=1S/C19H24N4O2S/c1-22-9-11-23(12-10-22)18-8-7-15(14-20-18)21-19(25)6-2-4-16(24)17-5-3-13-26-17/h3,5,7-8,13-14H,2,4,6,9-12H2,1H3,(H,21,25).